The molecule has 0 saturated carbocycles. The van der Waals surface area contributed by atoms with Gasteiger partial charge >= 0.3 is 0 Å². The minimum atomic E-state index is -0.833. The van der Waals surface area contributed by atoms with Crippen LogP contribution in [0, 0.1) is 11.6 Å². The molecule has 0 saturated heterocycles. The smallest absolute Gasteiger partial charge is 0.257 e. The van der Waals surface area contributed by atoms with Crippen LogP contribution in [0.15, 0.2) is 18.2 Å². The fourth-order valence-corrected chi connectivity index (χ4v) is 1.56. The van der Waals surface area contributed by atoms with Crippen LogP contribution in [0.25, 0.3) is 0 Å². The molecule has 0 aromatic heterocycles. The van der Waals surface area contributed by atoms with E-state index < -0.39 is 23.1 Å². The summed E-state index contributed by atoms with van der Waals surface area (Å²) in [4.78, 5) is 13.6. The molecule has 0 atom stereocenters. The molecule has 0 spiro atoms. The average molecular weight is 256 g/mol. The maximum Gasteiger partial charge on any atom is 0.257 e. The first-order chi connectivity index (χ1) is 8.52. The highest BCUT2D eigenvalue weighted by molar-refractivity contribution is 5.94. The predicted octanol–water partition coefficient (Wildman–Crippen LogP) is 2.04. The number of hydrogen-bond donors (Lipinski definition) is 1. The number of unbranched alkanes of at least 4 members (excludes halogenated alkanes) is 1. The summed E-state index contributed by atoms with van der Waals surface area (Å²) < 4.78 is 26.5. The molecule has 0 radical (unpaired) electrons. The largest absolute Gasteiger partial charge is 0.352 e. The molecule has 3 nitrogen and oxygen atoms in total. The Labute approximate surface area is 106 Å². The van der Waals surface area contributed by atoms with Crippen LogP contribution in [0.2, 0.25) is 0 Å². The quantitative estimate of drug-likeness (QED) is 0.790. The molecule has 1 N–H and O–H groups in total. The second kappa shape index (κ2) is 7.06. The van der Waals surface area contributed by atoms with Crippen molar-refractivity contribution in [2.24, 2.45) is 0 Å². The Morgan fingerprint density at radius 2 is 1.83 bits per heavy atom. The molecular formula is C13H18F2N2O. The van der Waals surface area contributed by atoms with Crippen LogP contribution in [0.1, 0.15) is 23.2 Å². The summed E-state index contributed by atoms with van der Waals surface area (Å²) in [5.74, 6) is -2.36. The van der Waals surface area contributed by atoms with Crippen molar-refractivity contribution >= 4 is 5.91 Å². The fourth-order valence-electron chi connectivity index (χ4n) is 1.56. The summed E-state index contributed by atoms with van der Waals surface area (Å²) in [6.07, 6.45) is 1.70. The highest BCUT2D eigenvalue weighted by atomic mass is 19.1. The van der Waals surface area contributed by atoms with E-state index in [9.17, 15) is 13.6 Å². The van der Waals surface area contributed by atoms with Gasteiger partial charge in [-0.15, -0.1) is 0 Å². The van der Waals surface area contributed by atoms with Crippen LogP contribution >= 0.6 is 0 Å². The Morgan fingerprint density at radius 1 is 1.22 bits per heavy atom. The average Bonchev–Trinajstić information content (AvgIpc) is 2.27. The summed E-state index contributed by atoms with van der Waals surface area (Å²) in [7, 11) is 3.93. The third-order valence-corrected chi connectivity index (χ3v) is 2.51. The molecule has 0 bridgehead atoms. The molecule has 0 unspecified atom stereocenters. The molecule has 5 heteroatoms. The first kappa shape index (κ1) is 14.6. The summed E-state index contributed by atoms with van der Waals surface area (Å²) in [6.45, 7) is 1.34. The molecule has 1 aromatic rings. The number of halogens is 2. The standard InChI is InChI=1S/C13H18F2N2O/c1-17(2)9-4-3-8-16-13(18)12-10(14)6-5-7-11(12)15/h5-7H,3-4,8-9H2,1-2H3,(H,16,18). The van der Waals surface area contributed by atoms with E-state index in [4.69, 9.17) is 0 Å². The second-order valence-electron chi connectivity index (χ2n) is 4.36. The highest BCUT2D eigenvalue weighted by Crippen LogP contribution is 2.11. The second-order valence-corrected chi connectivity index (χ2v) is 4.36. The number of carbonyl (C=O) groups excluding carboxylic acids is 1. The highest BCUT2D eigenvalue weighted by Gasteiger charge is 2.15. The first-order valence-corrected chi connectivity index (χ1v) is 5.89. The van der Waals surface area contributed by atoms with Crippen LogP contribution in [-0.4, -0.2) is 38.0 Å². The van der Waals surface area contributed by atoms with Crippen molar-refractivity contribution in [2.75, 3.05) is 27.2 Å². The van der Waals surface area contributed by atoms with Gasteiger partial charge in [-0.05, 0) is 45.6 Å². The lowest BCUT2D eigenvalue weighted by atomic mass is 10.2. The van der Waals surface area contributed by atoms with Gasteiger partial charge in [-0.2, -0.15) is 0 Å². The van der Waals surface area contributed by atoms with E-state index in [2.05, 4.69) is 5.32 Å². The van der Waals surface area contributed by atoms with Gasteiger partial charge in [0.2, 0.25) is 0 Å². The Balaban J connectivity index is 2.41. The normalized spacial score (nSPS) is 10.7. The van der Waals surface area contributed by atoms with Gasteiger partial charge in [0.25, 0.3) is 5.91 Å². The first-order valence-electron chi connectivity index (χ1n) is 5.89. The fraction of sp³-hybridized carbons (Fsp3) is 0.462. The van der Waals surface area contributed by atoms with Crippen molar-refractivity contribution in [3.63, 3.8) is 0 Å². The lowest BCUT2D eigenvalue weighted by molar-refractivity contribution is 0.0944. The molecule has 1 amide bonds. The van der Waals surface area contributed by atoms with Crippen LogP contribution in [0.4, 0.5) is 8.78 Å². The molecule has 1 aromatic carbocycles. The number of rotatable bonds is 6. The maximum absolute atomic E-state index is 13.3. The van der Waals surface area contributed by atoms with Gasteiger partial charge in [-0.1, -0.05) is 6.07 Å². The number of carbonyl (C=O) groups is 1. The summed E-state index contributed by atoms with van der Waals surface area (Å²) in [5.41, 5.74) is -0.509. The predicted molar refractivity (Wildman–Crippen MR) is 66.5 cm³/mol. The lowest BCUT2D eigenvalue weighted by Crippen LogP contribution is -2.27. The van der Waals surface area contributed by atoms with Gasteiger partial charge in [-0.25, -0.2) is 8.78 Å². The Kier molecular flexibility index (Phi) is 5.71. The summed E-state index contributed by atoms with van der Waals surface area (Å²) in [5, 5.41) is 2.52. The van der Waals surface area contributed by atoms with Gasteiger partial charge in [-0.3, -0.25) is 4.79 Å². The molecule has 100 valence electrons. The van der Waals surface area contributed by atoms with Crippen molar-refractivity contribution in [2.45, 2.75) is 12.8 Å². The minimum absolute atomic E-state index is 0.417. The topological polar surface area (TPSA) is 32.3 Å². The monoisotopic (exact) mass is 256 g/mol. The molecule has 0 aliphatic carbocycles. The van der Waals surface area contributed by atoms with Gasteiger partial charge in [0.05, 0.1) is 0 Å². The minimum Gasteiger partial charge on any atom is -0.352 e. The zero-order chi connectivity index (χ0) is 13.5. The number of amides is 1. The van der Waals surface area contributed by atoms with Crippen LogP contribution in [0.3, 0.4) is 0 Å². The third-order valence-electron chi connectivity index (χ3n) is 2.51. The molecule has 18 heavy (non-hydrogen) atoms. The van der Waals surface area contributed by atoms with Crippen LogP contribution in [-0.2, 0) is 0 Å². The lowest BCUT2D eigenvalue weighted by Gasteiger charge is -2.10. The van der Waals surface area contributed by atoms with Gasteiger partial charge in [0.1, 0.15) is 17.2 Å². The van der Waals surface area contributed by atoms with Crippen molar-refractivity contribution in [1.82, 2.24) is 10.2 Å². The maximum atomic E-state index is 13.3. The van der Waals surface area contributed by atoms with Crippen molar-refractivity contribution < 1.29 is 13.6 Å². The molecule has 1 rings (SSSR count). The van der Waals surface area contributed by atoms with E-state index in [0.717, 1.165) is 31.5 Å². The molecule has 0 heterocycles. The number of nitrogens with one attached hydrogen (secondary N) is 1. The zero-order valence-corrected chi connectivity index (χ0v) is 10.7. The van der Waals surface area contributed by atoms with E-state index in [1.807, 2.05) is 19.0 Å². The Hall–Kier alpha value is -1.49. The Bertz CT molecular complexity index is 388. The molecule has 0 aliphatic heterocycles. The molecule has 0 aliphatic rings. The van der Waals surface area contributed by atoms with Crippen molar-refractivity contribution in [1.29, 1.82) is 0 Å². The third kappa shape index (κ3) is 4.41. The van der Waals surface area contributed by atoms with E-state index in [-0.39, 0.29) is 0 Å². The summed E-state index contributed by atoms with van der Waals surface area (Å²) >= 11 is 0. The Morgan fingerprint density at radius 3 is 2.39 bits per heavy atom. The van der Waals surface area contributed by atoms with Crippen LogP contribution < -0.4 is 5.32 Å². The van der Waals surface area contributed by atoms with Crippen LogP contribution in [0.5, 0.6) is 0 Å². The van der Waals surface area contributed by atoms with Gasteiger partial charge < -0.3 is 10.2 Å². The molecule has 0 fully saturated rings. The van der Waals surface area contributed by atoms with Crippen molar-refractivity contribution in [3.8, 4) is 0 Å². The van der Waals surface area contributed by atoms with Gasteiger partial charge in [0.15, 0.2) is 0 Å². The van der Waals surface area contributed by atoms with E-state index in [1.165, 1.54) is 6.07 Å². The van der Waals surface area contributed by atoms with E-state index in [0.29, 0.717) is 6.54 Å². The number of benzene rings is 1. The number of nitrogens with zero attached hydrogens (tertiary/aromatic N) is 1. The van der Waals surface area contributed by atoms with E-state index >= 15 is 0 Å². The number of hydrogen-bond acceptors (Lipinski definition) is 2. The van der Waals surface area contributed by atoms with Gasteiger partial charge in [0, 0.05) is 6.54 Å². The summed E-state index contributed by atoms with van der Waals surface area (Å²) in [6, 6.07) is 3.38. The SMILES string of the molecule is CN(C)CCCCNC(=O)c1c(F)cccc1F. The van der Waals surface area contributed by atoms with Crippen molar-refractivity contribution in [3.05, 3.63) is 35.4 Å². The molecular weight excluding hydrogens is 238 g/mol. The zero-order valence-electron chi connectivity index (χ0n) is 10.7. The van der Waals surface area contributed by atoms with E-state index in [1.54, 1.807) is 0 Å².